The molecule has 1 aromatic heterocycles. The lowest BCUT2D eigenvalue weighted by molar-refractivity contribution is 0.197. The highest BCUT2D eigenvalue weighted by Crippen LogP contribution is 2.03. The van der Waals surface area contributed by atoms with Crippen LogP contribution in [0.5, 0.6) is 0 Å². The summed E-state index contributed by atoms with van der Waals surface area (Å²) in [6.07, 6.45) is 3.60. The van der Waals surface area contributed by atoms with E-state index in [0.29, 0.717) is 5.95 Å². The van der Waals surface area contributed by atoms with E-state index in [1.807, 2.05) is 0 Å². The van der Waals surface area contributed by atoms with Gasteiger partial charge in [0.05, 0.1) is 6.20 Å². The van der Waals surface area contributed by atoms with Crippen LogP contribution in [0.15, 0.2) is 6.20 Å². The van der Waals surface area contributed by atoms with Crippen molar-refractivity contribution in [2.45, 2.75) is 12.8 Å². The van der Waals surface area contributed by atoms with Crippen LogP contribution in [0.25, 0.3) is 0 Å². The van der Waals surface area contributed by atoms with Gasteiger partial charge in [-0.3, -0.25) is 0 Å². The number of aromatic nitrogens is 3. The summed E-state index contributed by atoms with van der Waals surface area (Å²) in [6.45, 7) is 3.43. The van der Waals surface area contributed by atoms with Gasteiger partial charge in [0.25, 0.3) is 0 Å². The lowest BCUT2D eigenvalue weighted by Gasteiger charge is -2.10. The molecular weight excluding hydrogens is 244 g/mol. The van der Waals surface area contributed by atoms with E-state index >= 15 is 0 Å². The van der Waals surface area contributed by atoms with Gasteiger partial charge >= 0.3 is 0 Å². The fourth-order valence-electron chi connectivity index (χ4n) is 1.49. The first-order valence-corrected chi connectivity index (χ1v) is 6.53. The molecule has 0 saturated heterocycles. The first kappa shape index (κ1) is 15.6. The molecule has 0 spiro atoms. The van der Waals surface area contributed by atoms with Crippen LogP contribution in [-0.2, 0) is 4.74 Å². The molecule has 0 amide bonds. The van der Waals surface area contributed by atoms with Gasteiger partial charge in [-0.05, 0) is 33.5 Å². The molecule has 0 fully saturated rings. The van der Waals surface area contributed by atoms with E-state index in [0.717, 1.165) is 44.9 Å². The molecule has 0 aromatic carbocycles. The van der Waals surface area contributed by atoms with Crippen molar-refractivity contribution >= 4 is 11.8 Å². The molecule has 108 valence electrons. The van der Waals surface area contributed by atoms with Gasteiger partial charge in [0, 0.05) is 26.8 Å². The number of nitrogens with zero attached hydrogens (tertiary/aromatic N) is 4. The van der Waals surface area contributed by atoms with Crippen molar-refractivity contribution in [1.82, 2.24) is 20.1 Å². The first-order chi connectivity index (χ1) is 9.22. The Kier molecular flexibility index (Phi) is 7.76. The highest BCUT2D eigenvalue weighted by molar-refractivity contribution is 5.36. The monoisotopic (exact) mass is 268 g/mol. The topological polar surface area (TPSA) is 75.2 Å². The quantitative estimate of drug-likeness (QED) is 0.604. The number of rotatable bonds is 10. The van der Waals surface area contributed by atoms with Crippen molar-refractivity contribution in [2.75, 3.05) is 58.1 Å². The fraction of sp³-hybridized carbons (Fsp3) is 0.750. The van der Waals surface area contributed by atoms with Crippen LogP contribution in [0, 0.1) is 0 Å². The highest BCUT2D eigenvalue weighted by atomic mass is 16.5. The van der Waals surface area contributed by atoms with Gasteiger partial charge in [0.2, 0.25) is 5.95 Å². The average Bonchev–Trinajstić information content (AvgIpc) is 2.40. The lowest BCUT2D eigenvalue weighted by Crippen LogP contribution is -2.17. The number of hydrogen-bond acceptors (Lipinski definition) is 7. The third-order valence-electron chi connectivity index (χ3n) is 2.46. The lowest BCUT2D eigenvalue weighted by atomic mass is 10.4. The van der Waals surface area contributed by atoms with Crippen molar-refractivity contribution in [3.8, 4) is 0 Å². The Labute approximate surface area is 114 Å². The van der Waals surface area contributed by atoms with Crippen LogP contribution in [0.2, 0.25) is 0 Å². The van der Waals surface area contributed by atoms with Crippen molar-refractivity contribution in [1.29, 1.82) is 0 Å². The smallest absolute Gasteiger partial charge is 0.244 e. The normalized spacial score (nSPS) is 10.7. The summed E-state index contributed by atoms with van der Waals surface area (Å²) in [6, 6.07) is 0. The minimum Gasteiger partial charge on any atom is -0.385 e. The van der Waals surface area contributed by atoms with Gasteiger partial charge in [-0.2, -0.15) is 10.1 Å². The molecule has 1 rings (SSSR count). The number of hydrogen-bond donors (Lipinski definition) is 2. The maximum Gasteiger partial charge on any atom is 0.244 e. The summed E-state index contributed by atoms with van der Waals surface area (Å²) in [4.78, 5) is 6.48. The van der Waals surface area contributed by atoms with E-state index in [-0.39, 0.29) is 0 Å². The van der Waals surface area contributed by atoms with Crippen LogP contribution in [0.4, 0.5) is 11.8 Å². The Hall–Kier alpha value is -1.47. The molecule has 2 N–H and O–H groups in total. The van der Waals surface area contributed by atoms with E-state index < -0.39 is 0 Å². The van der Waals surface area contributed by atoms with Crippen LogP contribution in [0.1, 0.15) is 12.8 Å². The fourth-order valence-corrected chi connectivity index (χ4v) is 1.49. The van der Waals surface area contributed by atoms with E-state index in [4.69, 9.17) is 4.74 Å². The molecule has 0 radical (unpaired) electrons. The summed E-state index contributed by atoms with van der Waals surface area (Å²) in [5.74, 6) is 1.30. The number of nitrogens with one attached hydrogen (secondary N) is 2. The standard InChI is InChI=1S/C12H24N6O/c1-18(2)8-4-6-14-12-16-11(10-15-17-12)13-7-5-9-19-3/h10H,4-9H2,1-3H3,(H2,13,14,16,17). The van der Waals surface area contributed by atoms with E-state index in [9.17, 15) is 0 Å². The molecule has 0 aliphatic carbocycles. The molecule has 0 saturated carbocycles. The Bertz CT molecular complexity index is 347. The molecular formula is C12H24N6O. The minimum absolute atomic E-state index is 0.565. The average molecular weight is 268 g/mol. The molecule has 0 atom stereocenters. The molecule has 0 bridgehead atoms. The van der Waals surface area contributed by atoms with E-state index in [1.165, 1.54) is 0 Å². The third-order valence-corrected chi connectivity index (χ3v) is 2.46. The van der Waals surface area contributed by atoms with Crippen LogP contribution < -0.4 is 10.6 Å². The number of ether oxygens (including phenoxy) is 1. The molecule has 0 unspecified atom stereocenters. The molecule has 0 aliphatic heterocycles. The second-order valence-corrected chi connectivity index (χ2v) is 4.52. The summed E-state index contributed by atoms with van der Waals surface area (Å²) in [5.41, 5.74) is 0. The SMILES string of the molecule is COCCCNc1cnnc(NCCCN(C)C)n1. The van der Waals surface area contributed by atoms with Gasteiger partial charge in [0.15, 0.2) is 5.82 Å². The second kappa shape index (κ2) is 9.46. The minimum atomic E-state index is 0.565. The van der Waals surface area contributed by atoms with Crippen molar-refractivity contribution < 1.29 is 4.74 Å². The summed E-state index contributed by atoms with van der Waals surface area (Å²) in [7, 11) is 5.81. The molecule has 7 nitrogen and oxygen atoms in total. The zero-order chi connectivity index (χ0) is 13.9. The van der Waals surface area contributed by atoms with Gasteiger partial charge in [-0.15, -0.1) is 5.10 Å². The molecule has 1 heterocycles. The van der Waals surface area contributed by atoms with Crippen LogP contribution in [0.3, 0.4) is 0 Å². The zero-order valence-corrected chi connectivity index (χ0v) is 12.0. The first-order valence-electron chi connectivity index (χ1n) is 6.53. The maximum absolute atomic E-state index is 4.98. The number of anilines is 2. The highest BCUT2D eigenvalue weighted by Gasteiger charge is 1.99. The number of methoxy groups -OCH3 is 1. The van der Waals surface area contributed by atoms with E-state index in [2.05, 4.69) is 44.8 Å². The maximum atomic E-state index is 4.98. The summed E-state index contributed by atoms with van der Waals surface area (Å²) < 4.78 is 4.98. The predicted octanol–water partition coefficient (Wildman–Crippen LogP) is 0.684. The molecule has 0 aliphatic rings. The predicted molar refractivity (Wildman–Crippen MR) is 76.5 cm³/mol. The Morgan fingerprint density at radius 2 is 2.00 bits per heavy atom. The van der Waals surface area contributed by atoms with Gasteiger partial charge < -0.3 is 20.3 Å². The molecule has 1 aromatic rings. The Morgan fingerprint density at radius 1 is 1.21 bits per heavy atom. The van der Waals surface area contributed by atoms with Gasteiger partial charge in [-0.1, -0.05) is 0 Å². The van der Waals surface area contributed by atoms with Crippen molar-refractivity contribution in [2.24, 2.45) is 0 Å². The van der Waals surface area contributed by atoms with Crippen molar-refractivity contribution in [3.05, 3.63) is 6.20 Å². The Balaban J connectivity index is 2.27. The Morgan fingerprint density at radius 3 is 2.74 bits per heavy atom. The zero-order valence-electron chi connectivity index (χ0n) is 12.0. The molecule has 19 heavy (non-hydrogen) atoms. The van der Waals surface area contributed by atoms with E-state index in [1.54, 1.807) is 13.3 Å². The van der Waals surface area contributed by atoms with Crippen LogP contribution in [-0.4, -0.2) is 67.5 Å². The van der Waals surface area contributed by atoms with Gasteiger partial charge in [0.1, 0.15) is 0 Å². The van der Waals surface area contributed by atoms with Crippen LogP contribution >= 0.6 is 0 Å². The summed E-state index contributed by atoms with van der Waals surface area (Å²) in [5, 5.41) is 14.2. The summed E-state index contributed by atoms with van der Waals surface area (Å²) >= 11 is 0. The molecule has 7 heteroatoms. The van der Waals surface area contributed by atoms with Gasteiger partial charge in [-0.25, -0.2) is 0 Å². The second-order valence-electron chi connectivity index (χ2n) is 4.52. The largest absolute Gasteiger partial charge is 0.385 e. The third kappa shape index (κ3) is 7.53. The van der Waals surface area contributed by atoms with Crippen molar-refractivity contribution in [3.63, 3.8) is 0 Å².